The van der Waals surface area contributed by atoms with Crippen molar-refractivity contribution in [1.29, 1.82) is 0 Å². The van der Waals surface area contributed by atoms with Gasteiger partial charge in [-0.15, -0.1) is 0 Å². The quantitative estimate of drug-likeness (QED) is 0.355. The molecule has 0 aliphatic carbocycles. The number of hydrogen-bond acceptors (Lipinski definition) is 10. The van der Waals surface area contributed by atoms with Crippen molar-refractivity contribution in [2.45, 2.75) is 30.7 Å². The van der Waals surface area contributed by atoms with Crippen molar-refractivity contribution < 1.29 is 39.7 Å². The zero-order valence-corrected chi connectivity index (χ0v) is 12.0. The largest absolute Gasteiger partial charge is 0.454 e. The predicted octanol–water partition coefficient (Wildman–Crippen LogP) is -1.32. The molecule has 5 atom stereocenters. The Morgan fingerprint density at radius 2 is 1.88 bits per heavy atom. The number of nitro groups is 2. The molecule has 1 aliphatic rings. The van der Waals surface area contributed by atoms with Crippen LogP contribution < -0.4 is 4.74 Å². The van der Waals surface area contributed by atoms with E-state index in [0.29, 0.717) is 0 Å². The summed E-state index contributed by atoms with van der Waals surface area (Å²) in [7, 11) is 0. The lowest BCUT2D eigenvalue weighted by molar-refractivity contribution is -0.423. The highest BCUT2D eigenvalue weighted by molar-refractivity contribution is 5.61. The first-order chi connectivity index (χ1) is 11.3. The van der Waals surface area contributed by atoms with E-state index in [1.807, 2.05) is 0 Å². The summed E-state index contributed by atoms with van der Waals surface area (Å²) in [5.41, 5.74) is -1.77. The molecule has 2 rings (SSSR count). The summed E-state index contributed by atoms with van der Waals surface area (Å²) in [5, 5.41) is 59.9. The molecule has 1 heterocycles. The van der Waals surface area contributed by atoms with E-state index in [1.54, 1.807) is 0 Å². The highest BCUT2D eigenvalue weighted by atomic mass is 16.7. The molecule has 0 bridgehead atoms. The van der Waals surface area contributed by atoms with Gasteiger partial charge >= 0.3 is 11.4 Å². The van der Waals surface area contributed by atoms with Crippen LogP contribution in [0.15, 0.2) is 18.2 Å². The van der Waals surface area contributed by atoms with Gasteiger partial charge in [0.25, 0.3) is 0 Å². The minimum Gasteiger partial charge on any atom is -0.454 e. The van der Waals surface area contributed by atoms with Crippen molar-refractivity contribution in [2.75, 3.05) is 6.61 Å². The number of rotatable bonds is 6. The van der Waals surface area contributed by atoms with Gasteiger partial charge in [-0.05, 0) is 6.07 Å². The van der Waals surface area contributed by atoms with Crippen molar-refractivity contribution >= 4 is 11.4 Å². The molecular weight excluding hydrogens is 332 g/mol. The van der Waals surface area contributed by atoms with Gasteiger partial charge in [-0.3, -0.25) is 20.2 Å². The first-order valence-corrected chi connectivity index (χ1v) is 6.67. The topological polar surface area (TPSA) is 186 Å². The van der Waals surface area contributed by atoms with Gasteiger partial charge in [0.2, 0.25) is 12.0 Å². The maximum absolute atomic E-state index is 11.1. The van der Waals surface area contributed by atoms with E-state index >= 15 is 0 Å². The number of nitro benzene ring substituents is 2. The fourth-order valence-electron chi connectivity index (χ4n) is 2.25. The van der Waals surface area contributed by atoms with E-state index in [2.05, 4.69) is 0 Å². The molecule has 0 spiro atoms. The molecule has 1 aromatic carbocycles. The van der Waals surface area contributed by atoms with Crippen LogP contribution in [0.4, 0.5) is 11.4 Å². The number of aliphatic hydroxyl groups excluding tert-OH is 4. The standard InChI is InChI=1S/C12H14N2O10/c15-4-6(16)11-9(17)10(18)12(24-11)23-7-3-1-2-5(13(19)20)8(7)14(21)22/h1-3,6,9-12,15-18H,4H2/t6-,9-,10-,11+,12-/m1/s1. The molecule has 12 heteroatoms. The van der Waals surface area contributed by atoms with Gasteiger partial charge in [0.05, 0.1) is 16.5 Å². The van der Waals surface area contributed by atoms with E-state index in [1.165, 1.54) is 0 Å². The van der Waals surface area contributed by atoms with E-state index in [0.717, 1.165) is 18.2 Å². The normalized spacial score (nSPS) is 27.7. The second-order valence-corrected chi connectivity index (χ2v) is 4.96. The minimum absolute atomic E-state index is 0.551. The van der Waals surface area contributed by atoms with Crippen LogP contribution in [0.1, 0.15) is 0 Å². The molecule has 1 saturated heterocycles. The SMILES string of the molecule is O=[N+]([O-])c1cccc(O[C@@H]2O[C@@H]([C@H](O)CO)[C@H](O)[C@H]2O)c1[N+](=O)[O-]. The van der Waals surface area contributed by atoms with Crippen molar-refractivity contribution in [3.63, 3.8) is 0 Å². The van der Waals surface area contributed by atoms with Crippen LogP contribution in [0.5, 0.6) is 5.75 Å². The molecule has 24 heavy (non-hydrogen) atoms. The Morgan fingerprint density at radius 1 is 1.21 bits per heavy atom. The van der Waals surface area contributed by atoms with Crippen LogP contribution in [-0.4, -0.2) is 67.6 Å². The second-order valence-electron chi connectivity index (χ2n) is 4.96. The Kier molecular flexibility index (Phi) is 5.26. The first-order valence-electron chi connectivity index (χ1n) is 6.67. The maximum atomic E-state index is 11.1. The van der Waals surface area contributed by atoms with Crippen LogP contribution in [0, 0.1) is 20.2 Å². The average Bonchev–Trinajstić information content (AvgIpc) is 2.82. The molecule has 0 aromatic heterocycles. The Hall–Kier alpha value is -2.38. The van der Waals surface area contributed by atoms with Crippen LogP contribution in [0.3, 0.4) is 0 Å². The Balaban J connectivity index is 2.30. The second kappa shape index (κ2) is 7.02. The summed E-state index contributed by atoms with van der Waals surface area (Å²) < 4.78 is 10.1. The number of ether oxygens (including phenoxy) is 2. The zero-order valence-electron chi connectivity index (χ0n) is 12.0. The number of para-hydroxylation sites is 1. The lowest BCUT2D eigenvalue weighted by atomic mass is 10.1. The smallest absolute Gasteiger partial charge is 0.387 e. The molecule has 4 N–H and O–H groups in total. The molecule has 1 fully saturated rings. The van der Waals surface area contributed by atoms with E-state index in [9.17, 15) is 35.5 Å². The molecule has 0 unspecified atom stereocenters. The average molecular weight is 346 g/mol. The van der Waals surface area contributed by atoms with Crippen molar-refractivity contribution in [1.82, 2.24) is 0 Å². The molecule has 0 saturated carbocycles. The highest BCUT2D eigenvalue weighted by Gasteiger charge is 2.48. The van der Waals surface area contributed by atoms with E-state index in [-0.39, 0.29) is 0 Å². The van der Waals surface area contributed by atoms with Gasteiger partial charge in [0, 0.05) is 6.07 Å². The van der Waals surface area contributed by atoms with Crippen LogP contribution >= 0.6 is 0 Å². The summed E-state index contributed by atoms with van der Waals surface area (Å²) in [6.45, 7) is -0.766. The first kappa shape index (κ1) is 18.0. The summed E-state index contributed by atoms with van der Waals surface area (Å²) in [6, 6.07) is 3.10. The van der Waals surface area contributed by atoms with E-state index in [4.69, 9.17) is 14.6 Å². The van der Waals surface area contributed by atoms with Crippen LogP contribution in [0.2, 0.25) is 0 Å². The van der Waals surface area contributed by atoms with Crippen LogP contribution in [-0.2, 0) is 4.74 Å². The monoisotopic (exact) mass is 346 g/mol. The van der Waals surface area contributed by atoms with Gasteiger partial charge < -0.3 is 29.9 Å². The molecular formula is C12H14N2O10. The molecule has 1 aliphatic heterocycles. The van der Waals surface area contributed by atoms with Gasteiger partial charge in [0.1, 0.15) is 24.4 Å². The number of aliphatic hydroxyl groups is 4. The molecule has 132 valence electrons. The van der Waals surface area contributed by atoms with Crippen molar-refractivity contribution in [3.05, 3.63) is 38.4 Å². The third-order valence-electron chi connectivity index (χ3n) is 3.42. The Bertz CT molecular complexity index is 638. The predicted molar refractivity (Wildman–Crippen MR) is 74.1 cm³/mol. The third-order valence-corrected chi connectivity index (χ3v) is 3.42. The molecule has 12 nitrogen and oxygen atoms in total. The summed E-state index contributed by atoms with van der Waals surface area (Å²) in [6.07, 6.45) is -7.88. The van der Waals surface area contributed by atoms with Gasteiger partial charge in [-0.2, -0.15) is 0 Å². The highest BCUT2D eigenvalue weighted by Crippen LogP contribution is 2.38. The van der Waals surface area contributed by atoms with Gasteiger partial charge in [-0.25, -0.2) is 0 Å². The number of nitrogens with zero attached hydrogens (tertiary/aromatic N) is 2. The van der Waals surface area contributed by atoms with E-state index < -0.39 is 64.3 Å². The molecule has 1 aromatic rings. The fourth-order valence-corrected chi connectivity index (χ4v) is 2.25. The van der Waals surface area contributed by atoms with Crippen molar-refractivity contribution in [3.8, 4) is 5.75 Å². The summed E-state index contributed by atoms with van der Waals surface area (Å²) in [5.74, 6) is -0.551. The third kappa shape index (κ3) is 3.27. The minimum atomic E-state index is -1.70. The van der Waals surface area contributed by atoms with Gasteiger partial charge in [0.15, 0.2) is 0 Å². The van der Waals surface area contributed by atoms with Crippen molar-refractivity contribution in [2.24, 2.45) is 0 Å². The zero-order chi connectivity index (χ0) is 18.0. The summed E-state index contributed by atoms with van der Waals surface area (Å²) in [4.78, 5) is 20.0. The number of hydrogen-bond donors (Lipinski definition) is 4. The summed E-state index contributed by atoms with van der Waals surface area (Å²) >= 11 is 0. The number of benzene rings is 1. The maximum Gasteiger partial charge on any atom is 0.387 e. The lowest BCUT2D eigenvalue weighted by Crippen LogP contribution is -2.40. The Labute approximate surface area is 133 Å². The molecule has 0 amide bonds. The molecule has 0 radical (unpaired) electrons. The lowest BCUT2D eigenvalue weighted by Gasteiger charge is -2.18. The fraction of sp³-hybridized carbons (Fsp3) is 0.500. The van der Waals surface area contributed by atoms with Crippen LogP contribution in [0.25, 0.3) is 0 Å². The van der Waals surface area contributed by atoms with Gasteiger partial charge in [-0.1, -0.05) is 6.07 Å². The Morgan fingerprint density at radius 3 is 2.42 bits per heavy atom.